The summed E-state index contributed by atoms with van der Waals surface area (Å²) in [4.78, 5) is 17.2. The minimum atomic E-state index is -0.118. The number of fused-ring (bicyclic) bond motifs is 1. The molecule has 1 aromatic carbocycles. The number of aryl methyl sites for hydroxylation is 1. The van der Waals surface area contributed by atoms with E-state index in [4.69, 9.17) is 0 Å². The number of anilines is 1. The molecule has 0 fully saturated rings. The van der Waals surface area contributed by atoms with E-state index in [0.29, 0.717) is 10.9 Å². The first kappa shape index (κ1) is 18.1. The van der Waals surface area contributed by atoms with Gasteiger partial charge in [-0.05, 0) is 36.5 Å². The molecular weight excluding hydrogens is 400 g/mol. The molecule has 7 heteroatoms. The van der Waals surface area contributed by atoms with Crippen LogP contribution in [0.15, 0.2) is 39.6 Å². The Balaban J connectivity index is 1.70. The molecule has 0 amide bonds. The standard InChI is InChI=1S/C18H21BrN4OS/c1-3-12(8-13-6-5-7-14(19)9-13)11-20-17-22-23-16(24)10-15(4-2)21-18(23)25-17/h5-7,9-10,12H,3-4,8,11H2,1-2H3,(H,20,22). The van der Waals surface area contributed by atoms with Crippen LogP contribution in [0.3, 0.4) is 0 Å². The number of rotatable bonds is 7. The summed E-state index contributed by atoms with van der Waals surface area (Å²) in [6.07, 6.45) is 2.82. The lowest BCUT2D eigenvalue weighted by Crippen LogP contribution is -2.17. The molecule has 0 aliphatic heterocycles. The third-order valence-electron chi connectivity index (χ3n) is 4.19. The first-order chi connectivity index (χ1) is 12.1. The van der Waals surface area contributed by atoms with Gasteiger partial charge in [-0.25, -0.2) is 4.98 Å². The fourth-order valence-electron chi connectivity index (χ4n) is 2.70. The van der Waals surface area contributed by atoms with Gasteiger partial charge in [0.25, 0.3) is 5.56 Å². The van der Waals surface area contributed by atoms with Gasteiger partial charge in [-0.1, -0.05) is 59.7 Å². The molecule has 1 N–H and O–H groups in total. The molecule has 2 aromatic heterocycles. The van der Waals surface area contributed by atoms with E-state index in [-0.39, 0.29) is 5.56 Å². The molecule has 1 unspecified atom stereocenters. The number of hydrogen-bond acceptors (Lipinski definition) is 5. The van der Waals surface area contributed by atoms with Crippen molar-refractivity contribution in [1.82, 2.24) is 14.6 Å². The number of nitrogens with one attached hydrogen (secondary N) is 1. The first-order valence-electron chi connectivity index (χ1n) is 8.47. The lowest BCUT2D eigenvalue weighted by molar-refractivity contribution is 0.533. The van der Waals surface area contributed by atoms with Crippen LogP contribution in [0.2, 0.25) is 0 Å². The number of hydrogen-bond donors (Lipinski definition) is 1. The minimum Gasteiger partial charge on any atom is -0.360 e. The van der Waals surface area contributed by atoms with Crippen LogP contribution in [-0.4, -0.2) is 21.1 Å². The Labute approximate surface area is 159 Å². The molecule has 132 valence electrons. The van der Waals surface area contributed by atoms with Crippen molar-refractivity contribution in [2.75, 3.05) is 11.9 Å². The highest BCUT2D eigenvalue weighted by molar-refractivity contribution is 9.10. The van der Waals surface area contributed by atoms with Crippen LogP contribution < -0.4 is 10.9 Å². The van der Waals surface area contributed by atoms with Crippen LogP contribution in [-0.2, 0) is 12.8 Å². The smallest absolute Gasteiger partial charge is 0.275 e. The summed E-state index contributed by atoms with van der Waals surface area (Å²) in [5, 5.41) is 8.48. The zero-order chi connectivity index (χ0) is 17.8. The fraction of sp³-hybridized carbons (Fsp3) is 0.389. The van der Waals surface area contributed by atoms with Crippen LogP contribution in [0.1, 0.15) is 31.5 Å². The third-order valence-corrected chi connectivity index (χ3v) is 5.55. The molecule has 0 aliphatic rings. The van der Waals surface area contributed by atoms with Crippen LogP contribution in [0.5, 0.6) is 0 Å². The van der Waals surface area contributed by atoms with E-state index in [9.17, 15) is 4.79 Å². The second-order valence-electron chi connectivity index (χ2n) is 6.03. The van der Waals surface area contributed by atoms with Crippen molar-refractivity contribution < 1.29 is 0 Å². The predicted octanol–water partition coefficient (Wildman–Crippen LogP) is 4.16. The Hall–Kier alpha value is -1.73. The molecule has 0 radical (unpaired) electrons. The van der Waals surface area contributed by atoms with Crippen molar-refractivity contribution in [2.45, 2.75) is 33.1 Å². The van der Waals surface area contributed by atoms with Crippen molar-refractivity contribution in [3.63, 3.8) is 0 Å². The van der Waals surface area contributed by atoms with Gasteiger partial charge in [-0.2, -0.15) is 4.52 Å². The van der Waals surface area contributed by atoms with Crippen molar-refractivity contribution >= 4 is 37.4 Å². The number of benzene rings is 1. The number of halogens is 1. The molecule has 1 atom stereocenters. The average Bonchev–Trinajstić information content (AvgIpc) is 3.02. The van der Waals surface area contributed by atoms with Crippen LogP contribution in [0, 0.1) is 5.92 Å². The van der Waals surface area contributed by atoms with Crippen molar-refractivity contribution in [2.24, 2.45) is 5.92 Å². The maximum Gasteiger partial charge on any atom is 0.275 e. The van der Waals surface area contributed by atoms with E-state index >= 15 is 0 Å². The molecule has 0 spiro atoms. The fourth-order valence-corrected chi connectivity index (χ4v) is 3.98. The van der Waals surface area contributed by atoms with E-state index in [1.807, 2.05) is 13.0 Å². The van der Waals surface area contributed by atoms with Gasteiger partial charge in [-0.3, -0.25) is 4.79 Å². The predicted molar refractivity (Wildman–Crippen MR) is 107 cm³/mol. The molecule has 3 rings (SSSR count). The van der Waals surface area contributed by atoms with Gasteiger partial charge in [0.05, 0.1) is 0 Å². The molecule has 0 saturated carbocycles. The van der Waals surface area contributed by atoms with E-state index in [2.05, 4.69) is 56.5 Å². The van der Waals surface area contributed by atoms with Gasteiger partial charge >= 0.3 is 0 Å². The monoisotopic (exact) mass is 420 g/mol. The number of aromatic nitrogens is 3. The van der Waals surface area contributed by atoms with E-state index < -0.39 is 0 Å². The van der Waals surface area contributed by atoms with E-state index in [1.54, 1.807) is 6.07 Å². The highest BCUT2D eigenvalue weighted by Crippen LogP contribution is 2.20. The first-order valence-corrected chi connectivity index (χ1v) is 10.1. The second-order valence-corrected chi connectivity index (χ2v) is 7.90. The maximum absolute atomic E-state index is 12.1. The molecule has 0 aliphatic carbocycles. The summed E-state index contributed by atoms with van der Waals surface area (Å²) in [5.74, 6) is 0.497. The Bertz CT molecular complexity index is 921. The zero-order valence-electron chi connectivity index (χ0n) is 14.3. The maximum atomic E-state index is 12.1. The largest absolute Gasteiger partial charge is 0.360 e. The summed E-state index contributed by atoms with van der Waals surface area (Å²) in [6.45, 7) is 5.01. The minimum absolute atomic E-state index is 0.118. The van der Waals surface area contributed by atoms with Crippen LogP contribution in [0.25, 0.3) is 4.96 Å². The lowest BCUT2D eigenvalue weighted by atomic mass is 9.97. The lowest BCUT2D eigenvalue weighted by Gasteiger charge is -2.15. The normalized spacial score (nSPS) is 12.4. The summed E-state index contributed by atoms with van der Waals surface area (Å²) < 4.78 is 2.48. The van der Waals surface area contributed by atoms with Gasteiger partial charge in [0.2, 0.25) is 10.1 Å². The quantitative estimate of drug-likeness (QED) is 0.623. The van der Waals surface area contributed by atoms with E-state index in [0.717, 1.165) is 41.1 Å². The highest BCUT2D eigenvalue weighted by Gasteiger charge is 2.12. The zero-order valence-corrected chi connectivity index (χ0v) is 16.7. The molecule has 5 nitrogen and oxygen atoms in total. The SMILES string of the molecule is CCc1cc(=O)n2nc(NCC(CC)Cc3cccc(Br)c3)sc2n1. The van der Waals surface area contributed by atoms with Gasteiger partial charge in [0, 0.05) is 22.8 Å². The van der Waals surface area contributed by atoms with Crippen LogP contribution >= 0.6 is 27.3 Å². The Morgan fingerprint density at radius 1 is 1.32 bits per heavy atom. The topological polar surface area (TPSA) is 59.3 Å². The van der Waals surface area contributed by atoms with Crippen LogP contribution in [0.4, 0.5) is 5.13 Å². The van der Waals surface area contributed by atoms with Crippen molar-refractivity contribution in [3.05, 3.63) is 56.4 Å². The van der Waals surface area contributed by atoms with E-state index in [1.165, 1.54) is 21.4 Å². The summed E-state index contributed by atoms with van der Waals surface area (Å²) >= 11 is 4.95. The molecule has 0 bridgehead atoms. The Morgan fingerprint density at radius 3 is 2.88 bits per heavy atom. The van der Waals surface area contributed by atoms with Gasteiger partial charge in [0.15, 0.2) is 0 Å². The number of nitrogens with zero attached hydrogens (tertiary/aromatic N) is 3. The van der Waals surface area contributed by atoms with Crippen molar-refractivity contribution in [1.29, 1.82) is 0 Å². The molecule has 2 heterocycles. The summed E-state index contributed by atoms with van der Waals surface area (Å²) in [5.41, 5.74) is 2.01. The molecule has 3 aromatic rings. The Morgan fingerprint density at radius 2 is 2.16 bits per heavy atom. The third kappa shape index (κ3) is 4.46. The van der Waals surface area contributed by atoms with Gasteiger partial charge in [-0.15, -0.1) is 5.10 Å². The molecule has 0 saturated heterocycles. The molecular formula is C18H21BrN4OS. The highest BCUT2D eigenvalue weighted by atomic mass is 79.9. The second kappa shape index (κ2) is 8.10. The van der Waals surface area contributed by atoms with Gasteiger partial charge < -0.3 is 5.32 Å². The molecule has 25 heavy (non-hydrogen) atoms. The van der Waals surface area contributed by atoms with Gasteiger partial charge in [0.1, 0.15) is 0 Å². The average molecular weight is 421 g/mol. The van der Waals surface area contributed by atoms with Crippen molar-refractivity contribution in [3.8, 4) is 0 Å². The summed E-state index contributed by atoms with van der Waals surface area (Å²) in [7, 11) is 0. The Kier molecular flexibility index (Phi) is 5.86. The summed E-state index contributed by atoms with van der Waals surface area (Å²) in [6, 6.07) is 9.98.